The third kappa shape index (κ3) is 7.13. The zero-order valence-electron chi connectivity index (χ0n) is 18.9. The van der Waals surface area contributed by atoms with Crippen molar-refractivity contribution in [2.75, 3.05) is 32.7 Å². The van der Waals surface area contributed by atoms with Gasteiger partial charge in [0.05, 0.1) is 6.54 Å². The molecule has 1 fully saturated rings. The lowest BCUT2D eigenvalue weighted by molar-refractivity contribution is -0.135. The van der Waals surface area contributed by atoms with Crippen LogP contribution in [0.2, 0.25) is 0 Å². The third-order valence-electron chi connectivity index (χ3n) is 5.20. The molecule has 30 heavy (non-hydrogen) atoms. The van der Waals surface area contributed by atoms with E-state index in [9.17, 15) is 14.4 Å². The summed E-state index contributed by atoms with van der Waals surface area (Å²) in [6.07, 6.45) is 0.591. The van der Waals surface area contributed by atoms with E-state index in [0.717, 1.165) is 5.56 Å². The maximum absolute atomic E-state index is 13.2. The molecular weight excluding hydrogens is 380 g/mol. The lowest BCUT2D eigenvalue weighted by Gasteiger charge is -2.36. The van der Waals surface area contributed by atoms with Crippen LogP contribution >= 0.6 is 0 Å². The first-order valence-corrected chi connectivity index (χ1v) is 10.8. The number of piperazine rings is 1. The minimum Gasteiger partial charge on any atom is -0.353 e. The van der Waals surface area contributed by atoms with Crippen molar-refractivity contribution in [1.82, 2.24) is 20.4 Å². The largest absolute Gasteiger partial charge is 0.353 e. The average molecular weight is 417 g/mol. The second-order valence-electron chi connectivity index (χ2n) is 8.79. The van der Waals surface area contributed by atoms with Crippen LogP contribution < -0.4 is 10.6 Å². The number of carbonyl (C=O) groups excluding carboxylic acids is 3. The predicted molar refractivity (Wildman–Crippen MR) is 118 cm³/mol. The number of hydrogen-bond donors (Lipinski definition) is 2. The Labute approximate surface area is 180 Å². The number of carbonyl (C=O) groups is 3. The van der Waals surface area contributed by atoms with Crippen LogP contribution in [0.1, 0.15) is 50.0 Å². The third-order valence-corrected chi connectivity index (χ3v) is 5.20. The summed E-state index contributed by atoms with van der Waals surface area (Å²) < 4.78 is 0. The number of rotatable bonds is 8. The van der Waals surface area contributed by atoms with Crippen LogP contribution in [-0.2, 0) is 9.59 Å². The topological polar surface area (TPSA) is 81.8 Å². The number of nitrogens with zero attached hydrogens (tertiary/aromatic N) is 2. The monoisotopic (exact) mass is 416 g/mol. The van der Waals surface area contributed by atoms with Crippen LogP contribution in [0.4, 0.5) is 0 Å². The van der Waals surface area contributed by atoms with Gasteiger partial charge in [-0.15, -0.1) is 0 Å². The van der Waals surface area contributed by atoms with E-state index >= 15 is 0 Å². The van der Waals surface area contributed by atoms with Gasteiger partial charge in [-0.3, -0.25) is 19.3 Å². The Hall–Kier alpha value is -2.41. The van der Waals surface area contributed by atoms with Crippen LogP contribution in [0.5, 0.6) is 0 Å². The summed E-state index contributed by atoms with van der Waals surface area (Å²) in [5.74, 6) is 0.0260. The summed E-state index contributed by atoms with van der Waals surface area (Å²) in [5.41, 5.74) is 1.49. The van der Waals surface area contributed by atoms with Crippen molar-refractivity contribution in [2.45, 2.75) is 53.1 Å². The molecule has 3 amide bonds. The van der Waals surface area contributed by atoms with Gasteiger partial charge in [-0.25, -0.2) is 0 Å². The highest BCUT2D eigenvalue weighted by atomic mass is 16.2. The van der Waals surface area contributed by atoms with E-state index in [-0.39, 0.29) is 29.7 Å². The summed E-state index contributed by atoms with van der Waals surface area (Å²) in [7, 11) is 0. The zero-order valence-corrected chi connectivity index (χ0v) is 18.9. The first kappa shape index (κ1) is 23.9. The van der Waals surface area contributed by atoms with E-state index < -0.39 is 6.04 Å². The first-order valence-electron chi connectivity index (χ1n) is 10.8. The van der Waals surface area contributed by atoms with E-state index in [4.69, 9.17) is 0 Å². The summed E-state index contributed by atoms with van der Waals surface area (Å²) >= 11 is 0. The molecule has 2 N–H and O–H groups in total. The van der Waals surface area contributed by atoms with Gasteiger partial charge in [0.2, 0.25) is 11.8 Å². The fraction of sp³-hybridized carbons (Fsp3) is 0.609. The fourth-order valence-corrected chi connectivity index (χ4v) is 3.67. The standard InChI is InChI=1S/C23H36N4O3/c1-16(2)14-20(25-22(29)19-9-7-6-8-18(19)5)23(30)27-12-10-26(11-13-27)15-21(28)24-17(3)4/h6-9,16-17,20H,10-15H2,1-5H3,(H,24,28)(H,25,29). The van der Waals surface area contributed by atoms with Crippen molar-refractivity contribution in [1.29, 1.82) is 0 Å². The van der Waals surface area contributed by atoms with E-state index in [1.807, 2.05) is 57.7 Å². The SMILES string of the molecule is Cc1ccccc1C(=O)NC(CC(C)C)C(=O)N1CCN(CC(=O)NC(C)C)CC1. The van der Waals surface area contributed by atoms with Crippen molar-refractivity contribution in [2.24, 2.45) is 5.92 Å². The second kappa shape index (κ2) is 11.1. The summed E-state index contributed by atoms with van der Waals surface area (Å²) in [4.78, 5) is 41.8. The Balaban J connectivity index is 1.96. The Morgan fingerprint density at radius 1 is 0.967 bits per heavy atom. The molecule has 1 aliphatic rings. The maximum atomic E-state index is 13.2. The fourth-order valence-electron chi connectivity index (χ4n) is 3.67. The van der Waals surface area contributed by atoms with Gasteiger partial charge in [-0.05, 0) is 44.7 Å². The molecule has 0 bridgehead atoms. The number of amides is 3. The highest BCUT2D eigenvalue weighted by molar-refractivity contribution is 5.98. The Bertz CT molecular complexity index is 740. The highest BCUT2D eigenvalue weighted by Gasteiger charge is 2.30. The van der Waals surface area contributed by atoms with Crippen molar-refractivity contribution in [3.05, 3.63) is 35.4 Å². The summed E-state index contributed by atoms with van der Waals surface area (Å²) in [6.45, 7) is 12.6. The van der Waals surface area contributed by atoms with E-state index in [1.54, 1.807) is 6.07 Å². The molecule has 7 nitrogen and oxygen atoms in total. The van der Waals surface area contributed by atoms with E-state index in [1.165, 1.54) is 0 Å². The number of nitrogens with one attached hydrogen (secondary N) is 2. The summed E-state index contributed by atoms with van der Waals surface area (Å²) in [6, 6.07) is 6.97. The maximum Gasteiger partial charge on any atom is 0.252 e. The van der Waals surface area contributed by atoms with Crippen molar-refractivity contribution < 1.29 is 14.4 Å². The average Bonchev–Trinajstić information content (AvgIpc) is 2.66. The van der Waals surface area contributed by atoms with Crippen LogP contribution in [0.25, 0.3) is 0 Å². The Morgan fingerprint density at radius 2 is 1.60 bits per heavy atom. The smallest absolute Gasteiger partial charge is 0.252 e. The molecule has 1 saturated heterocycles. The lowest BCUT2D eigenvalue weighted by Crippen LogP contribution is -2.56. The number of hydrogen-bond acceptors (Lipinski definition) is 4. The van der Waals surface area contributed by atoms with Gasteiger partial charge in [-0.1, -0.05) is 32.0 Å². The molecule has 0 spiro atoms. The van der Waals surface area contributed by atoms with Gasteiger partial charge >= 0.3 is 0 Å². The molecule has 7 heteroatoms. The van der Waals surface area contributed by atoms with Gasteiger partial charge < -0.3 is 15.5 Å². The molecule has 1 atom stereocenters. The number of benzene rings is 1. The minimum absolute atomic E-state index is 0.00737. The molecular formula is C23H36N4O3. The van der Waals surface area contributed by atoms with Crippen LogP contribution in [0.3, 0.4) is 0 Å². The molecule has 0 radical (unpaired) electrons. The molecule has 1 aliphatic heterocycles. The van der Waals surface area contributed by atoms with Crippen molar-refractivity contribution >= 4 is 17.7 Å². The molecule has 0 aromatic heterocycles. The first-order chi connectivity index (χ1) is 14.2. The molecule has 0 aliphatic carbocycles. The van der Waals surface area contributed by atoms with E-state index in [2.05, 4.69) is 15.5 Å². The Kier molecular flexibility index (Phi) is 8.84. The van der Waals surface area contributed by atoms with E-state index in [0.29, 0.717) is 44.7 Å². The normalized spacial score (nSPS) is 15.9. The number of aryl methyl sites for hydroxylation is 1. The second-order valence-corrected chi connectivity index (χ2v) is 8.79. The van der Waals surface area contributed by atoms with Gasteiger partial charge in [0.1, 0.15) is 6.04 Å². The molecule has 1 unspecified atom stereocenters. The molecule has 2 rings (SSSR count). The molecule has 166 valence electrons. The van der Waals surface area contributed by atoms with Gasteiger partial charge in [0.25, 0.3) is 5.91 Å². The van der Waals surface area contributed by atoms with Gasteiger partial charge in [0.15, 0.2) is 0 Å². The lowest BCUT2D eigenvalue weighted by atomic mass is 10.0. The Morgan fingerprint density at radius 3 is 2.17 bits per heavy atom. The van der Waals surface area contributed by atoms with Crippen LogP contribution in [0.15, 0.2) is 24.3 Å². The van der Waals surface area contributed by atoms with Gasteiger partial charge in [-0.2, -0.15) is 0 Å². The molecule has 1 aromatic rings. The predicted octanol–water partition coefficient (Wildman–Crippen LogP) is 1.81. The summed E-state index contributed by atoms with van der Waals surface area (Å²) in [5, 5.41) is 5.86. The van der Waals surface area contributed by atoms with Crippen molar-refractivity contribution in [3.8, 4) is 0 Å². The van der Waals surface area contributed by atoms with Crippen LogP contribution in [0, 0.1) is 12.8 Å². The van der Waals surface area contributed by atoms with Crippen LogP contribution in [-0.4, -0.2) is 72.3 Å². The molecule has 1 heterocycles. The molecule has 0 saturated carbocycles. The quantitative estimate of drug-likeness (QED) is 0.677. The highest BCUT2D eigenvalue weighted by Crippen LogP contribution is 2.13. The zero-order chi connectivity index (χ0) is 22.3. The minimum atomic E-state index is -0.548. The van der Waals surface area contributed by atoms with Gasteiger partial charge in [0, 0.05) is 37.8 Å². The molecule has 1 aromatic carbocycles. The van der Waals surface area contributed by atoms with Crippen molar-refractivity contribution in [3.63, 3.8) is 0 Å².